The van der Waals surface area contributed by atoms with E-state index in [1.165, 1.54) is 0 Å². The molecule has 4 heavy (non-hydrogen) atoms. The fourth-order valence-corrected chi connectivity index (χ4v) is 0. The average Bonchev–Trinajstić information content (AvgIpc) is 0. The van der Waals surface area contributed by atoms with E-state index < -0.39 is 0 Å². The Bertz CT molecular complexity index is 11.6. The zero-order valence-corrected chi connectivity index (χ0v) is 10.0. The molecule has 0 aliphatic heterocycles. The van der Waals surface area contributed by atoms with Crippen molar-refractivity contribution in [2.45, 2.75) is 0 Å². The topological polar surface area (TPSA) is 0 Å². The van der Waals surface area contributed by atoms with E-state index in [0.717, 1.165) is 0 Å². The van der Waals surface area contributed by atoms with Gasteiger partial charge in [-0.3, -0.25) is 4.70 Å². The Labute approximate surface area is 80.1 Å². The van der Waals surface area contributed by atoms with Crippen LogP contribution in [0, 0.1) is 0 Å². The van der Waals surface area contributed by atoms with Gasteiger partial charge in [-0.15, -0.1) is 0 Å². The van der Waals surface area contributed by atoms with Gasteiger partial charge < -0.3 is 1.43 Å². The van der Waals surface area contributed by atoms with Crippen LogP contribution in [0.3, 0.4) is 0 Å². The molecule has 0 aromatic rings. The Morgan fingerprint density at radius 3 is 1.25 bits per heavy atom. The molecular formula is H2FNaZnZr. The summed E-state index contributed by atoms with van der Waals surface area (Å²) in [5.74, 6) is 0. The summed E-state index contributed by atoms with van der Waals surface area (Å²) in [5, 5.41) is 0. The molecule has 0 aliphatic carbocycles. The van der Waals surface area contributed by atoms with E-state index in [0.29, 0.717) is 0 Å². The second-order valence-electron chi connectivity index (χ2n) is 0. The van der Waals surface area contributed by atoms with E-state index in [9.17, 15) is 0 Å². The third-order valence-electron chi connectivity index (χ3n) is 0. The number of hydrogen-bond donors (Lipinski definition) is 0. The quantitative estimate of drug-likeness (QED) is 0.373. The van der Waals surface area contributed by atoms with E-state index in [1.54, 1.807) is 0 Å². The van der Waals surface area contributed by atoms with Gasteiger partial charge >= 0.3 is 29.6 Å². The van der Waals surface area contributed by atoms with E-state index in [-0.39, 0.29) is 81.4 Å². The smallest absolute Gasteiger partial charge is 1.00 e. The summed E-state index contributed by atoms with van der Waals surface area (Å²) in [6.45, 7) is 0. The second kappa shape index (κ2) is 18.0. The first-order valence-electron chi connectivity index (χ1n) is 0. The van der Waals surface area contributed by atoms with Gasteiger partial charge in [0.25, 0.3) is 0 Å². The van der Waals surface area contributed by atoms with Gasteiger partial charge in [-0.05, 0) is 0 Å². The molecule has 0 amide bonds. The summed E-state index contributed by atoms with van der Waals surface area (Å²) < 4.78 is 0. The molecule has 0 aromatic heterocycles. The van der Waals surface area contributed by atoms with E-state index in [1.807, 2.05) is 0 Å². The Morgan fingerprint density at radius 1 is 1.25 bits per heavy atom. The van der Waals surface area contributed by atoms with Crippen LogP contribution in [-0.2, 0) is 45.7 Å². The molecule has 0 aliphatic rings. The summed E-state index contributed by atoms with van der Waals surface area (Å²) >= 11 is 0. The van der Waals surface area contributed by atoms with Gasteiger partial charge in [-0.2, -0.15) is 0 Å². The zero-order chi connectivity index (χ0) is 0. The van der Waals surface area contributed by atoms with Gasteiger partial charge in [0, 0.05) is 45.7 Å². The van der Waals surface area contributed by atoms with Crippen LogP contribution in [0.2, 0.25) is 0 Å². The SMILES string of the molecule is F.[H-].[Na+].[Zn].[Zr]. The predicted octanol–water partition coefficient (Wildman–Crippen LogP) is -2.74. The van der Waals surface area contributed by atoms with Gasteiger partial charge in [-0.25, -0.2) is 0 Å². The van der Waals surface area contributed by atoms with Crippen molar-refractivity contribution >= 4 is 0 Å². The minimum Gasteiger partial charge on any atom is -1.00 e. The summed E-state index contributed by atoms with van der Waals surface area (Å²) in [4.78, 5) is 0. The molecule has 0 spiro atoms. The molecule has 0 unspecified atom stereocenters. The third-order valence-corrected chi connectivity index (χ3v) is 0. The van der Waals surface area contributed by atoms with Crippen molar-refractivity contribution < 1.29 is 81.4 Å². The Balaban J connectivity index is 0. The van der Waals surface area contributed by atoms with Gasteiger partial charge in [0.2, 0.25) is 0 Å². The van der Waals surface area contributed by atoms with Crippen LogP contribution < -0.4 is 29.6 Å². The molecule has 0 N–H and O–H groups in total. The maximum atomic E-state index is 0. The van der Waals surface area contributed by atoms with Crippen molar-refractivity contribution in [1.82, 2.24) is 0 Å². The fourth-order valence-electron chi connectivity index (χ4n) is 0. The monoisotopic (exact) mass is 198 g/mol. The van der Waals surface area contributed by atoms with Gasteiger partial charge in [-0.1, -0.05) is 0 Å². The molecule has 0 saturated heterocycles. The summed E-state index contributed by atoms with van der Waals surface area (Å²) in [6.07, 6.45) is 0. The Hall–Kier alpha value is 2.44. The molecule has 16 valence electrons. The van der Waals surface area contributed by atoms with E-state index >= 15 is 0 Å². The summed E-state index contributed by atoms with van der Waals surface area (Å²) in [7, 11) is 0. The standard InChI is InChI=1S/FH.Na.Zn.Zr.H/h1H;;;;/q;+1;;;-1. The van der Waals surface area contributed by atoms with E-state index in [4.69, 9.17) is 0 Å². The van der Waals surface area contributed by atoms with Crippen molar-refractivity contribution in [1.29, 1.82) is 0 Å². The second-order valence-corrected chi connectivity index (χ2v) is 0. The number of halogens is 1. The molecule has 0 atom stereocenters. The minimum absolute atomic E-state index is 0. The van der Waals surface area contributed by atoms with Crippen LogP contribution in [0.4, 0.5) is 4.70 Å². The molecule has 4 heteroatoms. The molecular weight excluding hydrogens is 199 g/mol. The van der Waals surface area contributed by atoms with Crippen LogP contribution in [-0.4, -0.2) is 0 Å². The number of hydrogen-bond acceptors (Lipinski definition) is 0. The van der Waals surface area contributed by atoms with Crippen LogP contribution >= 0.6 is 0 Å². The van der Waals surface area contributed by atoms with Crippen LogP contribution in [0.5, 0.6) is 0 Å². The summed E-state index contributed by atoms with van der Waals surface area (Å²) in [6, 6.07) is 0. The first-order valence-corrected chi connectivity index (χ1v) is 0. The van der Waals surface area contributed by atoms with Crippen LogP contribution in [0.25, 0.3) is 0 Å². The Morgan fingerprint density at radius 2 is 1.25 bits per heavy atom. The minimum atomic E-state index is 0. The Kier molecular flexibility index (Phi) is 144. The van der Waals surface area contributed by atoms with Crippen LogP contribution in [0.1, 0.15) is 1.43 Å². The molecule has 0 fully saturated rings. The van der Waals surface area contributed by atoms with Gasteiger partial charge in [0.05, 0.1) is 0 Å². The van der Waals surface area contributed by atoms with Crippen LogP contribution in [0.15, 0.2) is 0 Å². The van der Waals surface area contributed by atoms with E-state index in [2.05, 4.69) is 0 Å². The zero-order valence-electron chi connectivity index (χ0n) is 3.62. The van der Waals surface area contributed by atoms with Crippen molar-refractivity contribution in [3.63, 3.8) is 0 Å². The van der Waals surface area contributed by atoms with Crippen molar-refractivity contribution in [2.24, 2.45) is 0 Å². The third kappa shape index (κ3) is 8.83. The molecule has 0 aromatic carbocycles. The van der Waals surface area contributed by atoms with Gasteiger partial charge in [0.1, 0.15) is 0 Å². The molecule has 0 radical (unpaired) electrons. The first-order chi connectivity index (χ1) is 0. The van der Waals surface area contributed by atoms with Crippen molar-refractivity contribution in [2.75, 3.05) is 0 Å². The van der Waals surface area contributed by atoms with Gasteiger partial charge in [0.15, 0.2) is 0 Å². The molecule has 0 bridgehead atoms. The van der Waals surface area contributed by atoms with Crippen molar-refractivity contribution in [3.8, 4) is 0 Å². The van der Waals surface area contributed by atoms with Crippen molar-refractivity contribution in [3.05, 3.63) is 0 Å². The first kappa shape index (κ1) is 32.0. The normalized spacial score (nSPS) is 0. The summed E-state index contributed by atoms with van der Waals surface area (Å²) in [5.41, 5.74) is 0. The average molecular weight is 201 g/mol. The predicted molar refractivity (Wildman–Crippen MR) is 3.62 cm³/mol. The largest absolute Gasteiger partial charge is 1.00 e. The maximum Gasteiger partial charge on any atom is 1.00 e. The molecule has 0 nitrogen and oxygen atoms in total. The molecule has 0 saturated carbocycles. The molecule has 0 rings (SSSR count). The molecule has 0 heterocycles. The fraction of sp³-hybridized carbons (Fsp3) is 0. The number of rotatable bonds is 0. The maximum absolute atomic E-state index is 0.